The van der Waals surface area contributed by atoms with E-state index in [0.717, 1.165) is 5.56 Å². The van der Waals surface area contributed by atoms with Crippen molar-refractivity contribution in [2.24, 2.45) is 5.41 Å². The normalized spacial score (nSPS) is 20.0. The molecule has 1 aliphatic rings. The summed E-state index contributed by atoms with van der Waals surface area (Å²) in [6.07, 6.45) is 0.554. The van der Waals surface area contributed by atoms with Crippen LogP contribution in [-0.4, -0.2) is 25.7 Å². The second kappa shape index (κ2) is 7.99. The first kappa shape index (κ1) is 17.3. The van der Waals surface area contributed by atoms with Gasteiger partial charge in [-0.15, -0.1) is 0 Å². The Morgan fingerprint density at radius 2 is 1.64 bits per heavy atom. The van der Waals surface area contributed by atoms with Crippen molar-refractivity contribution >= 4 is 0 Å². The molecule has 22 heavy (non-hydrogen) atoms. The summed E-state index contributed by atoms with van der Waals surface area (Å²) in [7, 11) is 0. The molecule has 1 aliphatic carbocycles. The molecule has 0 atom stereocenters. The smallest absolute Gasteiger partial charge is 0.248 e. The number of halogens is 2. The molecular formula is C17H24F2O3. The molecule has 2 rings (SSSR count). The molecule has 0 unspecified atom stereocenters. The highest BCUT2D eigenvalue weighted by atomic mass is 19.3. The summed E-state index contributed by atoms with van der Waals surface area (Å²) < 4.78 is 32.6. The molecule has 3 nitrogen and oxygen atoms in total. The first-order valence-corrected chi connectivity index (χ1v) is 7.79. The minimum Gasteiger partial charge on any atom is -0.376 e. The van der Waals surface area contributed by atoms with Gasteiger partial charge in [-0.3, -0.25) is 0 Å². The molecule has 0 spiro atoms. The summed E-state index contributed by atoms with van der Waals surface area (Å²) in [5.41, 5.74) is 0.690. The Bertz CT molecular complexity index is 427. The van der Waals surface area contributed by atoms with Crippen LogP contribution < -0.4 is 0 Å². The summed E-state index contributed by atoms with van der Waals surface area (Å²) in [5.74, 6) is -2.56. The molecule has 1 saturated carbocycles. The molecule has 1 aromatic rings. The number of hydrogen-bond donors (Lipinski definition) is 0. The molecular weight excluding hydrogens is 290 g/mol. The molecule has 0 N–H and O–H groups in total. The lowest BCUT2D eigenvalue weighted by atomic mass is 9.74. The van der Waals surface area contributed by atoms with Crippen LogP contribution in [0.15, 0.2) is 30.3 Å². The van der Waals surface area contributed by atoms with E-state index in [4.69, 9.17) is 14.5 Å². The van der Waals surface area contributed by atoms with Crippen LogP contribution in [0.4, 0.5) is 8.78 Å². The van der Waals surface area contributed by atoms with Gasteiger partial charge in [0.25, 0.3) is 0 Å². The average molecular weight is 314 g/mol. The van der Waals surface area contributed by atoms with Crippen molar-refractivity contribution in [1.82, 2.24) is 0 Å². The van der Waals surface area contributed by atoms with Gasteiger partial charge in [0, 0.05) is 18.3 Å². The molecule has 0 saturated heterocycles. The van der Waals surface area contributed by atoms with Gasteiger partial charge in [0.15, 0.2) is 0 Å². The zero-order valence-corrected chi connectivity index (χ0v) is 13.0. The predicted molar refractivity (Wildman–Crippen MR) is 79.5 cm³/mol. The molecule has 1 aromatic carbocycles. The number of rotatable bonds is 8. The van der Waals surface area contributed by atoms with Crippen LogP contribution in [0.1, 0.15) is 38.2 Å². The highest BCUT2D eigenvalue weighted by Crippen LogP contribution is 2.44. The molecule has 0 radical (unpaired) electrons. The third-order valence-corrected chi connectivity index (χ3v) is 4.13. The van der Waals surface area contributed by atoms with Crippen LogP contribution in [0.2, 0.25) is 0 Å². The van der Waals surface area contributed by atoms with Crippen LogP contribution in [-0.2, 0) is 21.1 Å². The third-order valence-electron chi connectivity index (χ3n) is 4.13. The monoisotopic (exact) mass is 314 g/mol. The van der Waals surface area contributed by atoms with Crippen molar-refractivity contribution < 1.29 is 23.3 Å². The van der Waals surface area contributed by atoms with E-state index >= 15 is 0 Å². The largest absolute Gasteiger partial charge is 0.376 e. The Kier molecular flexibility index (Phi) is 6.29. The van der Waals surface area contributed by atoms with Gasteiger partial charge in [0.05, 0.1) is 26.4 Å². The Morgan fingerprint density at radius 1 is 0.955 bits per heavy atom. The molecule has 0 aromatic heterocycles. The first-order valence-electron chi connectivity index (χ1n) is 7.79. The number of benzene rings is 1. The molecule has 5 heteroatoms. The second-order valence-electron chi connectivity index (χ2n) is 6.00. The van der Waals surface area contributed by atoms with Crippen LogP contribution in [0.5, 0.6) is 0 Å². The SMILES string of the molecule is CCOOCC1(COCc2ccccc2)CCC(F)(F)CC1. The fourth-order valence-electron chi connectivity index (χ4n) is 2.69. The van der Waals surface area contributed by atoms with Gasteiger partial charge >= 0.3 is 0 Å². The van der Waals surface area contributed by atoms with Gasteiger partial charge in [0.2, 0.25) is 5.92 Å². The predicted octanol–water partition coefficient (Wildman–Crippen LogP) is 4.37. The van der Waals surface area contributed by atoms with Crippen molar-refractivity contribution in [1.29, 1.82) is 0 Å². The van der Waals surface area contributed by atoms with Gasteiger partial charge in [-0.05, 0) is 25.3 Å². The maximum Gasteiger partial charge on any atom is 0.248 e. The topological polar surface area (TPSA) is 27.7 Å². The summed E-state index contributed by atoms with van der Waals surface area (Å²) in [5, 5.41) is 0. The lowest BCUT2D eigenvalue weighted by Gasteiger charge is -2.39. The Hall–Kier alpha value is -1.04. The third kappa shape index (κ3) is 5.30. The van der Waals surface area contributed by atoms with Crippen LogP contribution >= 0.6 is 0 Å². The van der Waals surface area contributed by atoms with Gasteiger partial charge in [0.1, 0.15) is 0 Å². The van der Waals surface area contributed by atoms with Crippen LogP contribution in [0.3, 0.4) is 0 Å². The fourth-order valence-corrected chi connectivity index (χ4v) is 2.69. The summed E-state index contributed by atoms with van der Waals surface area (Å²) in [6, 6.07) is 9.82. The molecule has 0 amide bonds. The quantitative estimate of drug-likeness (QED) is 0.405. The summed E-state index contributed by atoms with van der Waals surface area (Å²) in [4.78, 5) is 10.1. The maximum atomic E-state index is 13.4. The van der Waals surface area contributed by atoms with E-state index < -0.39 is 5.92 Å². The fraction of sp³-hybridized carbons (Fsp3) is 0.647. The van der Waals surface area contributed by atoms with Gasteiger partial charge in [-0.2, -0.15) is 0 Å². The lowest BCUT2D eigenvalue weighted by molar-refractivity contribution is -0.314. The van der Waals surface area contributed by atoms with Crippen molar-refractivity contribution in [3.05, 3.63) is 35.9 Å². The van der Waals surface area contributed by atoms with E-state index in [2.05, 4.69) is 0 Å². The van der Waals surface area contributed by atoms with E-state index in [1.807, 2.05) is 37.3 Å². The Morgan fingerprint density at radius 3 is 2.27 bits per heavy atom. The number of ether oxygens (including phenoxy) is 1. The van der Waals surface area contributed by atoms with E-state index in [-0.39, 0.29) is 18.3 Å². The Labute approximate surface area is 130 Å². The van der Waals surface area contributed by atoms with Crippen molar-refractivity contribution in [2.45, 2.75) is 45.1 Å². The molecule has 0 heterocycles. The maximum absolute atomic E-state index is 13.4. The van der Waals surface area contributed by atoms with E-state index in [1.54, 1.807) is 0 Å². The zero-order chi connectivity index (χ0) is 15.9. The van der Waals surface area contributed by atoms with Crippen molar-refractivity contribution in [3.63, 3.8) is 0 Å². The minimum absolute atomic E-state index is 0.114. The highest BCUT2D eigenvalue weighted by molar-refractivity contribution is 5.13. The van der Waals surface area contributed by atoms with E-state index in [9.17, 15) is 8.78 Å². The van der Waals surface area contributed by atoms with Gasteiger partial charge < -0.3 is 4.74 Å². The van der Waals surface area contributed by atoms with Crippen molar-refractivity contribution in [2.75, 3.05) is 19.8 Å². The van der Waals surface area contributed by atoms with Gasteiger partial charge in [-0.25, -0.2) is 18.6 Å². The van der Waals surface area contributed by atoms with Crippen molar-refractivity contribution in [3.8, 4) is 0 Å². The standard InChI is InChI=1S/C17H24F2O3/c1-2-21-22-14-16(8-10-17(18,19)11-9-16)13-20-12-15-6-4-3-5-7-15/h3-7H,2,8-14H2,1H3. The number of hydrogen-bond acceptors (Lipinski definition) is 3. The van der Waals surface area contributed by atoms with Crippen LogP contribution in [0, 0.1) is 5.41 Å². The van der Waals surface area contributed by atoms with E-state index in [1.165, 1.54) is 0 Å². The van der Waals surface area contributed by atoms with E-state index in [0.29, 0.717) is 39.3 Å². The first-order chi connectivity index (χ1) is 10.6. The average Bonchev–Trinajstić information content (AvgIpc) is 2.52. The highest BCUT2D eigenvalue weighted by Gasteiger charge is 2.44. The second-order valence-corrected chi connectivity index (χ2v) is 6.00. The Balaban J connectivity index is 1.87. The zero-order valence-electron chi connectivity index (χ0n) is 13.0. The summed E-state index contributed by atoms with van der Waals surface area (Å²) >= 11 is 0. The molecule has 124 valence electrons. The molecule has 0 aliphatic heterocycles. The lowest BCUT2D eigenvalue weighted by Crippen LogP contribution is -2.40. The van der Waals surface area contributed by atoms with Crippen LogP contribution in [0.25, 0.3) is 0 Å². The summed E-state index contributed by atoms with van der Waals surface area (Å²) in [6.45, 7) is 3.45. The number of alkyl halides is 2. The minimum atomic E-state index is -2.56. The van der Waals surface area contributed by atoms with Gasteiger partial charge in [-0.1, -0.05) is 30.3 Å². The molecule has 1 fully saturated rings. The molecule has 0 bridgehead atoms.